The summed E-state index contributed by atoms with van der Waals surface area (Å²) >= 11 is 7.97. The van der Waals surface area contributed by atoms with Gasteiger partial charge in [-0.05, 0) is 42.3 Å². The van der Waals surface area contributed by atoms with Crippen molar-refractivity contribution in [2.75, 3.05) is 0 Å². The molecule has 3 aromatic heterocycles. The van der Waals surface area contributed by atoms with Gasteiger partial charge in [0.2, 0.25) is 0 Å². The molecule has 0 atom stereocenters. The zero-order chi connectivity index (χ0) is 16.7. The van der Waals surface area contributed by atoms with Crippen LogP contribution in [0.1, 0.15) is 5.82 Å². The highest BCUT2D eigenvalue weighted by molar-refractivity contribution is 7.22. The highest BCUT2D eigenvalue weighted by atomic mass is 35.5. The SMILES string of the molecule is Cc1nc(Cl)c2c(-c3ccc(F)cc3)c(-c3ccncc3)sc2n1. The van der Waals surface area contributed by atoms with Crippen LogP contribution in [0.3, 0.4) is 0 Å². The number of benzene rings is 1. The lowest BCUT2D eigenvalue weighted by molar-refractivity contribution is 0.628. The van der Waals surface area contributed by atoms with E-state index in [4.69, 9.17) is 11.6 Å². The topological polar surface area (TPSA) is 38.7 Å². The van der Waals surface area contributed by atoms with Gasteiger partial charge in [0.25, 0.3) is 0 Å². The number of rotatable bonds is 2. The van der Waals surface area contributed by atoms with E-state index in [-0.39, 0.29) is 5.82 Å². The van der Waals surface area contributed by atoms with Crippen molar-refractivity contribution in [3.8, 4) is 21.6 Å². The van der Waals surface area contributed by atoms with Crippen LogP contribution < -0.4 is 0 Å². The summed E-state index contributed by atoms with van der Waals surface area (Å²) in [6.07, 6.45) is 3.49. The summed E-state index contributed by atoms with van der Waals surface area (Å²) in [5.41, 5.74) is 2.82. The predicted octanol–water partition coefficient (Wildman–Crippen LogP) is 5.52. The molecule has 3 nitrogen and oxygen atoms in total. The van der Waals surface area contributed by atoms with Crippen LogP contribution in [-0.2, 0) is 0 Å². The molecule has 0 radical (unpaired) electrons. The van der Waals surface area contributed by atoms with E-state index in [0.29, 0.717) is 11.0 Å². The fraction of sp³-hybridized carbons (Fsp3) is 0.0556. The molecule has 0 aliphatic carbocycles. The van der Waals surface area contributed by atoms with Gasteiger partial charge < -0.3 is 0 Å². The average molecular weight is 356 g/mol. The first-order valence-corrected chi connectivity index (χ1v) is 8.46. The second-order valence-electron chi connectivity index (χ2n) is 5.29. The van der Waals surface area contributed by atoms with Gasteiger partial charge in [0.05, 0.1) is 5.39 Å². The number of aryl methyl sites for hydroxylation is 1. The van der Waals surface area contributed by atoms with Crippen LogP contribution in [0, 0.1) is 12.7 Å². The Balaban J connectivity index is 2.10. The van der Waals surface area contributed by atoms with E-state index in [2.05, 4.69) is 15.0 Å². The molecular weight excluding hydrogens is 345 g/mol. The Kier molecular flexibility index (Phi) is 3.75. The Labute approximate surface area is 146 Å². The minimum Gasteiger partial charge on any atom is -0.265 e. The van der Waals surface area contributed by atoms with Crippen LogP contribution in [0.25, 0.3) is 31.8 Å². The van der Waals surface area contributed by atoms with Crippen molar-refractivity contribution >= 4 is 33.2 Å². The second kappa shape index (κ2) is 5.92. The lowest BCUT2D eigenvalue weighted by Crippen LogP contribution is -1.89. The smallest absolute Gasteiger partial charge is 0.142 e. The van der Waals surface area contributed by atoms with Crippen LogP contribution in [0.15, 0.2) is 48.8 Å². The van der Waals surface area contributed by atoms with Crippen LogP contribution >= 0.6 is 22.9 Å². The standard InChI is InChI=1S/C18H11ClFN3S/c1-10-22-17(19)15-14(11-2-4-13(20)5-3-11)16(24-18(15)23-10)12-6-8-21-9-7-12/h2-9H,1H3. The molecular formula is C18H11ClFN3S. The molecule has 0 bridgehead atoms. The molecule has 0 spiro atoms. The van der Waals surface area contributed by atoms with Crippen molar-refractivity contribution in [2.24, 2.45) is 0 Å². The quantitative estimate of drug-likeness (QED) is 0.444. The molecule has 4 rings (SSSR count). The molecule has 0 N–H and O–H groups in total. The molecule has 0 aliphatic rings. The molecule has 118 valence electrons. The Morgan fingerprint density at radius 3 is 2.38 bits per heavy atom. The van der Waals surface area contributed by atoms with E-state index in [1.807, 2.05) is 19.1 Å². The van der Waals surface area contributed by atoms with Crippen LogP contribution in [0.4, 0.5) is 4.39 Å². The van der Waals surface area contributed by atoms with Crippen molar-refractivity contribution in [2.45, 2.75) is 6.92 Å². The first-order chi connectivity index (χ1) is 11.6. The van der Waals surface area contributed by atoms with Gasteiger partial charge in [-0.1, -0.05) is 23.7 Å². The largest absolute Gasteiger partial charge is 0.265 e. The summed E-state index contributed by atoms with van der Waals surface area (Å²) in [5.74, 6) is 0.350. The van der Waals surface area contributed by atoms with E-state index in [1.54, 1.807) is 35.9 Å². The van der Waals surface area contributed by atoms with Crippen LogP contribution in [-0.4, -0.2) is 15.0 Å². The van der Waals surface area contributed by atoms with Gasteiger partial charge in [-0.15, -0.1) is 11.3 Å². The summed E-state index contributed by atoms with van der Waals surface area (Å²) in [7, 11) is 0. The molecule has 24 heavy (non-hydrogen) atoms. The van der Waals surface area contributed by atoms with Gasteiger partial charge in [0.15, 0.2) is 0 Å². The molecule has 0 saturated heterocycles. The van der Waals surface area contributed by atoms with E-state index >= 15 is 0 Å². The summed E-state index contributed by atoms with van der Waals surface area (Å²) in [4.78, 5) is 14.7. The molecule has 0 aliphatic heterocycles. The van der Waals surface area contributed by atoms with E-state index in [9.17, 15) is 4.39 Å². The number of halogens is 2. The lowest BCUT2D eigenvalue weighted by Gasteiger charge is -2.06. The van der Waals surface area contributed by atoms with Crippen molar-refractivity contribution in [1.29, 1.82) is 0 Å². The van der Waals surface area contributed by atoms with Crippen LogP contribution in [0.5, 0.6) is 0 Å². The molecule has 4 aromatic rings. The third-order valence-corrected chi connectivity index (χ3v) is 5.10. The van der Waals surface area contributed by atoms with Crippen molar-refractivity contribution in [3.63, 3.8) is 0 Å². The average Bonchev–Trinajstić information content (AvgIpc) is 2.96. The maximum absolute atomic E-state index is 13.3. The summed E-state index contributed by atoms with van der Waals surface area (Å²) in [6, 6.07) is 10.3. The monoisotopic (exact) mass is 355 g/mol. The van der Waals surface area contributed by atoms with Crippen molar-refractivity contribution < 1.29 is 4.39 Å². The Morgan fingerprint density at radius 1 is 0.958 bits per heavy atom. The van der Waals surface area contributed by atoms with Gasteiger partial charge in [-0.3, -0.25) is 4.98 Å². The van der Waals surface area contributed by atoms with Crippen molar-refractivity contribution in [3.05, 3.63) is 65.6 Å². The third-order valence-electron chi connectivity index (χ3n) is 3.69. The van der Waals surface area contributed by atoms with E-state index in [1.165, 1.54) is 12.1 Å². The van der Waals surface area contributed by atoms with Crippen LogP contribution in [0.2, 0.25) is 5.15 Å². The first-order valence-electron chi connectivity index (χ1n) is 7.26. The summed E-state index contributed by atoms with van der Waals surface area (Å²) in [6.45, 7) is 1.81. The van der Waals surface area contributed by atoms with Gasteiger partial charge in [-0.25, -0.2) is 14.4 Å². The molecule has 6 heteroatoms. The Morgan fingerprint density at radius 2 is 1.67 bits per heavy atom. The number of nitrogens with zero attached hydrogens (tertiary/aromatic N) is 3. The van der Waals surface area contributed by atoms with Crippen molar-refractivity contribution in [1.82, 2.24) is 15.0 Å². The zero-order valence-corrected chi connectivity index (χ0v) is 14.2. The molecule has 3 heterocycles. The Bertz CT molecular complexity index is 1030. The maximum atomic E-state index is 13.3. The number of thiophene rings is 1. The minimum atomic E-state index is -0.276. The summed E-state index contributed by atoms with van der Waals surface area (Å²) < 4.78 is 13.3. The number of hydrogen-bond acceptors (Lipinski definition) is 4. The number of fused-ring (bicyclic) bond motifs is 1. The fourth-order valence-corrected chi connectivity index (χ4v) is 4.27. The van der Waals surface area contributed by atoms with E-state index < -0.39 is 0 Å². The van der Waals surface area contributed by atoms with Gasteiger partial charge in [0, 0.05) is 22.8 Å². The number of aromatic nitrogens is 3. The third kappa shape index (κ3) is 2.56. The van der Waals surface area contributed by atoms with E-state index in [0.717, 1.165) is 31.8 Å². The summed E-state index contributed by atoms with van der Waals surface area (Å²) in [5, 5.41) is 1.21. The zero-order valence-electron chi connectivity index (χ0n) is 12.6. The van der Waals surface area contributed by atoms with Gasteiger partial charge >= 0.3 is 0 Å². The lowest BCUT2D eigenvalue weighted by atomic mass is 10.0. The highest BCUT2D eigenvalue weighted by Gasteiger charge is 2.20. The molecule has 0 unspecified atom stereocenters. The molecule has 0 saturated carbocycles. The molecule has 0 fully saturated rings. The minimum absolute atomic E-state index is 0.276. The molecule has 1 aromatic carbocycles. The first kappa shape index (κ1) is 15.2. The second-order valence-corrected chi connectivity index (χ2v) is 6.65. The predicted molar refractivity (Wildman–Crippen MR) is 95.8 cm³/mol. The fourth-order valence-electron chi connectivity index (χ4n) is 2.66. The number of pyridine rings is 1. The normalized spacial score (nSPS) is 11.1. The maximum Gasteiger partial charge on any atom is 0.142 e. The van der Waals surface area contributed by atoms with Gasteiger partial charge in [0.1, 0.15) is 21.6 Å². The Hall–Kier alpha value is -2.37. The van der Waals surface area contributed by atoms with Gasteiger partial charge in [-0.2, -0.15) is 0 Å². The number of hydrogen-bond donors (Lipinski definition) is 0. The highest BCUT2D eigenvalue weighted by Crippen LogP contribution is 2.45. The molecule has 0 amide bonds.